The van der Waals surface area contributed by atoms with Crippen LogP contribution in [0.1, 0.15) is 50.4 Å². The lowest BCUT2D eigenvalue weighted by Gasteiger charge is -2.34. The second kappa shape index (κ2) is 5.27. The van der Waals surface area contributed by atoms with Crippen molar-refractivity contribution in [3.05, 3.63) is 16.1 Å². The van der Waals surface area contributed by atoms with E-state index in [4.69, 9.17) is 4.74 Å². The van der Waals surface area contributed by atoms with E-state index in [0.29, 0.717) is 0 Å². The predicted molar refractivity (Wildman–Crippen MR) is 76.1 cm³/mol. The first-order valence-electron chi connectivity index (χ1n) is 6.67. The number of rotatable bonds is 3. The van der Waals surface area contributed by atoms with Crippen LogP contribution >= 0.6 is 11.3 Å². The summed E-state index contributed by atoms with van der Waals surface area (Å²) in [7, 11) is 0. The van der Waals surface area contributed by atoms with Gasteiger partial charge in [0.15, 0.2) is 0 Å². The van der Waals surface area contributed by atoms with E-state index < -0.39 is 0 Å². The Kier molecular flexibility index (Phi) is 4.09. The molecule has 0 bridgehead atoms. The molecule has 0 amide bonds. The van der Waals surface area contributed by atoms with Crippen LogP contribution in [0.2, 0.25) is 0 Å². The van der Waals surface area contributed by atoms with Gasteiger partial charge in [0, 0.05) is 35.2 Å². The predicted octanol–water partition coefficient (Wildman–Crippen LogP) is 3.10. The smallest absolute Gasteiger partial charge is 0.0981 e. The van der Waals surface area contributed by atoms with Crippen LogP contribution in [0.4, 0.5) is 0 Å². The molecular weight excluding hydrogens is 244 g/mol. The van der Waals surface area contributed by atoms with Gasteiger partial charge in [-0.15, -0.1) is 11.3 Å². The number of nitrogens with one attached hydrogen (secondary N) is 1. The van der Waals surface area contributed by atoms with Crippen molar-refractivity contribution in [2.75, 3.05) is 13.2 Å². The number of hydrogen-bond donors (Lipinski definition) is 1. The highest BCUT2D eigenvalue weighted by Crippen LogP contribution is 2.27. The SMILES string of the molecule is CC1(NCc2cnc(C(C)(C)C)s2)CCCOC1. The Morgan fingerprint density at radius 3 is 2.83 bits per heavy atom. The molecule has 1 saturated heterocycles. The van der Waals surface area contributed by atoms with Crippen molar-refractivity contribution >= 4 is 11.3 Å². The molecule has 4 heteroatoms. The highest BCUT2D eigenvalue weighted by molar-refractivity contribution is 7.11. The summed E-state index contributed by atoms with van der Waals surface area (Å²) in [5.41, 5.74) is 0.283. The molecule has 0 aromatic carbocycles. The molecule has 0 spiro atoms. The summed E-state index contributed by atoms with van der Waals surface area (Å²) < 4.78 is 5.56. The van der Waals surface area contributed by atoms with Gasteiger partial charge in [0.25, 0.3) is 0 Å². The fraction of sp³-hybridized carbons (Fsp3) is 0.786. The zero-order valence-electron chi connectivity index (χ0n) is 11.9. The monoisotopic (exact) mass is 268 g/mol. The van der Waals surface area contributed by atoms with E-state index in [-0.39, 0.29) is 11.0 Å². The van der Waals surface area contributed by atoms with Crippen LogP contribution in [0.3, 0.4) is 0 Å². The van der Waals surface area contributed by atoms with Gasteiger partial charge in [-0.25, -0.2) is 4.98 Å². The molecule has 1 aromatic heterocycles. The second-order valence-corrected chi connectivity index (χ2v) is 7.57. The van der Waals surface area contributed by atoms with Crippen LogP contribution in [0.5, 0.6) is 0 Å². The van der Waals surface area contributed by atoms with E-state index in [9.17, 15) is 0 Å². The third kappa shape index (κ3) is 3.53. The summed E-state index contributed by atoms with van der Waals surface area (Å²) in [6, 6.07) is 0. The third-order valence-corrected chi connectivity index (χ3v) is 4.75. The average molecular weight is 268 g/mol. The Morgan fingerprint density at radius 2 is 2.28 bits per heavy atom. The van der Waals surface area contributed by atoms with Gasteiger partial charge in [-0.1, -0.05) is 20.8 Å². The Labute approximate surface area is 114 Å². The molecule has 1 unspecified atom stereocenters. The van der Waals surface area contributed by atoms with Crippen molar-refractivity contribution in [1.82, 2.24) is 10.3 Å². The molecule has 2 heterocycles. The van der Waals surface area contributed by atoms with Crippen LogP contribution in [-0.2, 0) is 16.7 Å². The molecule has 2 rings (SSSR count). The van der Waals surface area contributed by atoms with Gasteiger partial charge in [-0.2, -0.15) is 0 Å². The number of ether oxygens (including phenoxy) is 1. The summed E-state index contributed by atoms with van der Waals surface area (Å²) in [5, 5.41) is 4.84. The van der Waals surface area contributed by atoms with Crippen molar-refractivity contribution in [3.63, 3.8) is 0 Å². The number of aromatic nitrogens is 1. The maximum atomic E-state index is 5.56. The molecule has 0 saturated carbocycles. The topological polar surface area (TPSA) is 34.2 Å². The lowest BCUT2D eigenvalue weighted by Crippen LogP contribution is -2.48. The molecule has 1 N–H and O–H groups in total. The van der Waals surface area contributed by atoms with Crippen LogP contribution in [0.25, 0.3) is 0 Å². The molecule has 1 aliphatic heterocycles. The summed E-state index contributed by atoms with van der Waals surface area (Å²) >= 11 is 1.81. The van der Waals surface area contributed by atoms with Gasteiger partial charge in [0.05, 0.1) is 11.6 Å². The van der Waals surface area contributed by atoms with E-state index in [1.54, 1.807) is 0 Å². The fourth-order valence-corrected chi connectivity index (χ4v) is 3.02. The quantitative estimate of drug-likeness (QED) is 0.914. The normalized spacial score (nSPS) is 25.3. The van der Waals surface area contributed by atoms with Gasteiger partial charge in [0.2, 0.25) is 0 Å². The summed E-state index contributed by atoms with van der Waals surface area (Å²) in [6.45, 7) is 11.5. The lowest BCUT2D eigenvalue weighted by molar-refractivity contribution is 0.0279. The summed E-state index contributed by atoms with van der Waals surface area (Å²) in [6.07, 6.45) is 4.35. The zero-order chi connectivity index (χ0) is 13.2. The average Bonchev–Trinajstić information content (AvgIpc) is 2.76. The van der Waals surface area contributed by atoms with E-state index in [1.807, 2.05) is 17.5 Å². The first kappa shape index (κ1) is 14.0. The first-order chi connectivity index (χ1) is 8.39. The van der Waals surface area contributed by atoms with Crippen molar-refractivity contribution < 1.29 is 4.74 Å². The van der Waals surface area contributed by atoms with Gasteiger partial charge < -0.3 is 10.1 Å². The Hall–Kier alpha value is -0.450. The third-order valence-electron chi connectivity index (χ3n) is 3.32. The van der Waals surface area contributed by atoms with Gasteiger partial charge >= 0.3 is 0 Å². The minimum atomic E-state index is 0.129. The van der Waals surface area contributed by atoms with Crippen molar-refractivity contribution in [3.8, 4) is 0 Å². The van der Waals surface area contributed by atoms with Crippen molar-refractivity contribution in [1.29, 1.82) is 0 Å². The lowest BCUT2D eigenvalue weighted by atomic mass is 9.95. The minimum Gasteiger partial charge on any atom is -0.380 e. The molecule has 1 aliphatic rings. The molecule has 0 aliphatic carbocycles. The molecule has 18 heavy (non-hydrogen) atoms. The van der Waals surface area contributed by atoms with E-state index in [2.05, 4.69) is 38.0 Å². The Morgan fingerprint density at radius 1 is 1.50 bits per heavy atom. The highest BCUT2D eigenvalue weighted by Gasteiger charge is 2.27. The Balaban J connectivity index is 1.92. The van der Waals surface area contributed by atoms with Crippen LogP contribution in [0.15, 0.2) is 6.20 Å². The van der Waals surface area contributed by atoms with Gasteiger partial charge in [0.1, 0.15) is 0 Å². The molecule has 102 valence electrons. The molecule has 1 atom stereocenters. The van der Waals surface area contributed by atoms with Gasteiger partial charge in [-0.3, -0.25) is 0 Å². The summed E-state index contributed by atoms with van der Waals surface area (Å²) in [5.74, 6) is 0. The molecular formula is C14H24N2OS. The fourth-order valence-electron chi connectivity index (χ4n) is 2.11. The molecule has 0 radical (unpaired) electrons. The molecule has 1 aromatic rings. The van der Waals surface area contributed by atoms with Crippen LogP contribution < -0.4 is 5.32 Å². The summed E-state index contributed by atoms with van der Waals surface area (Å²) in [4.78, 5) is 5.83. The number of nitrogens with zero attached hydrogens (tertiary/aromatic N) is 1. The van der Waals surface area contributed by atoms with E-state index >= 15 is 0 Å². The highest BCUT2D eigenvalue weighted by atomic mass is 32.1. The maximum Gasteiger partial charge on any atom is 0.0981 e. The zero-order valence-corrected chi connectivity index (χ0v) is 12.7. The maximum absolute atomic E-state index is 5.56. The largest absolute Gasteiger partial charge is 0.380 e. The van der Waals surface area contributed by atoms with E-state index in [0.717, 1.165) is 26.2 Å². The first-order valence-corrected chi connectivity index (χ1v) is 7.49. The van der Waals surface area contributed by atoms with Gasteiger partial charge in [-0.05, 0) is 19.8 Å². The van der Waals surface area contributed by atoms with Crippen molar-refractivity contribution in [2.45, 2.75) is 58.0 Å². The second-order valence-electron chi connectivity index (χ2n) is 6.45. The van der Waals surface area contributed by atoms with E-state index in [1.165, 1.54) is 16.3 Å². The molecule has 3 nitrogen and oxygen atoms in total. The van der Waals surface area contributed by atoms with Crippen molar-refractivity contribution in [2.24, 2.45) is 0 Å². The van der Waals surface area contributed by atoms with Crippen LogP contribution in [0, 0.1) is 0 Å². The number of thiazole rings is 1. The number of hydrogen-bond acceptors (Lipinski definition) is 4. The minimum absolute atomic E-state index is 0.129. The standard InChI is InChI=1S/C14H24N2OS/c1-13(2,3)12-15-8-11(18-12)9-16-14(4)6-5-7-17-10-14/h8,16H,5-7,9-10H2,1-4H3. The molecule has 1 fully saturated rings. The van der Waals surface area contributed by atoms with Crippen LogP contribution in [-0.4, -0.2) is 23.7 Å². The Bertz CT molecular complexity index is 389.